The topological polar surface area (TPSA) is 72.3 Å². The third kappa shape index (κ3) is 3.60. The van der Waals surface area contributed by atoms with Crippen LogP contribution in [0.15, 0.2) is 30.7 Å². The number of methoxy groups -OCH3 is 1. The summed E-state index contributed by atoms with van der Waals surface area (Å²) in [4.78, 5) is 18.9. The highest BCUT2D eigenvalue weighted by atomic mass is 16.5. The lowest BCUT2D eigenvalue weighted by Crippen LogP contribution is -2.45. The molecule has 0 unspecified atom stereocenters. The van der Waals surface area contributed by atoms with E-state index in [9.17, 15) is 4.79 Å². The smallest absolute Gasteiger partial charge is 0.318 e. The van der Waals surface area contributed by atoms with Gasteiger partial charge < -0.3 is 15.0 Å². The van der Waals surface area contributed by atoms with Crippen LogP contribution in [0.3, 0.4) is 0 Å². The summed E-state index contributed by atoms with van der Waals surface area (Å²) in [6, 6.07) is 3.70. The molecule has 2 amide bonds. The number of rotatable bonds is 4. The summed E-state index contributed by atoms with van der Waals surface area (Å²) >= 11 is 0. The van der Waals surface area contributed by atoms with Crippen LogP contribution in [0.25, 0.3) is 0 Å². The van der Waals surface area contributed by atoms with E-state index in [1.54, 1.807) is 25.7 Å². The van der Waals surface area contributed by atoms with Crippen molar-refractivity contribution in [1.82, 2.24) is 25.0 Å². The number of likely N-dealkylation sites (tertiary alicyclic amines) is 1. The van der Waals surface area contributed by atoms with Gasteiger partial charge in [0.05, 0.1) is 31.1 Å². The Bertz CT molecular complexity index is 730. The van der Waals surface area contributed by atoms with Crippen molar-refractivity contribution in [1.29, 1.82) is 0 Å². The Morgan fingerprint density at radius 2 is 2.20 bits per heavy atom. The monoisotopic (exact) mass is 343 g/mol. The predicted octanol–water partition coefficient (Wildman–Crippen LogP) is 2.82. The second-order valence-corrected chi connectivity index (χ2v) is 6.37. The molecule has 0 saturated carbocycles. The van der Waals surface area contributed by atoms with Gasteiger partial charge in [0, 0.05) is 31.5 Å². The zero-order valence-electron chi connectivity index (χ0n) is 15.0. The van der Waals surface area contributed by atoms with Crippen molar-refractivity contribution in [2.75, 3.05) is 13.7 Å². The van der Waals surface area contributed by atoms with E-state index in [-0.39, 0.29) is 18.1 Å². The van der Waals surface area contributed by atoms with Crippen molar-refractivity contribution in [2.45, 2.75) is 38.3 Å². The third-order valence-electron chi connectivity index (χ3n) is 4.81. The normalized spacial score (nSPS) is 18.7. The molecule has 1 N–H and O–H groups in total. The van der Waals surface area contributed by atoms with Crippen LogP contribution < -0.4 is 10.1 Å². The van der Waals surface area contributed by atoms with Gasteiger partial charge in [-0.15, -0.1) is 0 Å². The number of ether oxygens (including phenoxy) is 1. The molecular weight excluding hydrogens is 318 g/mol. The number of pyridine rings is 1. The molecule has 7 heteroatoms. The number of hydrogen-bond donors (Lipinski definition) is 1. The van der Waals surface area contributed by atoms with Gasteiger partial charge in [0.15, 0.2) is 0 Å². The number of aromatic nitrogens is 3. The van der Waals surface area contributed by atoms with Crippen molar-refractivity contribution in [2.24, 2.45) is 7.05 Å². The fourth-order valence-corrected chi connectivity index (χ4v) is 3.46. The molecule has 134 valence electrons. The average Bonchev–Trinajstić information content (AvgIpc) is 3.07. The van der Waals surface area contributed by atoms with E-state index < -0.39 is 0 Å². The van der Waals surface area contributed by atoms with E-state index in [1.807, 2.05) is 35.7 Å². The molecule has 2 atom stereocenters. The number of hydrogen-bond acceptors (Lipinski definition) is 4. The minimum atomic E-state index is -0.167. The van der Waals surface area contributed by atoms with Gasteiger partial charge in [-0.1, -0.05) is 0 Å². The highest BCUT2D eigenvalue weighted by Crippen LogP contribution is 2.31. The van der Waals surface area contributed by atoms with Crippen molar-refractivity contribution < 1.29 is 9.53 Å². The number of nitrogens with zero attached hydrogens (tertiary/aromatic N) is 4. The first kappa shape index (κ1) is 17.3. The molecule has 1 aliphatic rings. The lowest BCUT2D eigenvalue weighted by molar-refractivity contribution is 0.145. The number of nitrogens with one attached hydrogen (secondary N) is 1. The standard InChI is InChI=1S/C18H25N5O2/c1-13(14-7-9-19-12-17(14)25-3)21-18(24)23-11-5-4-6-16(23)15-8-10-20-22(15)2/h7-10,12-13,16H,4-6,11H2,1-3H3,(H,21,24)/t13-,16+/m0/s1. The van der Waals surface area contributed by atoms with Crippen molar-refractivity contribution in [3.05, 3.63) is 42.0 Å². The number of amides is 2. The molecule has 0 radical (unpaired) electrons. The average molecular weight is 343 g/mol. The summed E-state index contributed by atoms with van der Waals surface area (Å²) in [7, 11) is 3.53. The maximum absolute atomic E-state index is 12.9. The molecule has 7 nitrogen and oxygen atoms in total. The van der Waals surface area contributed by atoms with Crippen molar-refractivity contribution in [3.8, 4) is 5.75 Å². The Balaban J connectivity index is 1.75. The van der Waals surface area contributed by atoms with Gasteiger partial charge in [0.2, 0.25) is 0 Å². The summed E-state index contributed by atoms with van der Waals surface area (Å²) in [6.07, 6.45) is 8.25. The minimum Gasteiger partial charge on any atom is -0.495 e. The summed E-state index contributed by atoms with van der Waals surface area (Å²) in [6.45, 7) is 2.71. The Labute approximate surface area is 148 Å². The van der Waals surface area contributed by atoms with Crippen molar-refractivity contribution in [3.63, 3.8) is 0 Å². The summed E-state index contributed by atoms with van der Waals surface area (Å²) < 4.78 is 7.20. The van der Waals surface area contributed by atoms with E-state index in [2.05, 4.69) is 15.4 Å². The molecule has 25 heavy (non-hydrogen) atoms. The number of carbonyl (C=O) groups excluding carboxylic acids is 1. The van der Waals surface area contributed by atoms with Gasteiger partial charge in [-0.2, -0.15) is 5.10 Å². The lowest BCUT2D eigenvalue weighted by atomic mass is 9.99. The Morgan fingerprint density at radius 1 is 1.36 bits per heavy atom. The molecular formula is C18H25N5O2. The second-order valence-electron chi connectivity index (χ2n) is 6.37. The zero-order chi connectivity index (χ0) is 17.8. The maximum atomic E-state index is 12.9. The molecule has 2 aromatic heterocycles. The molecule has 0 aliphatic carbocycles. The van der Waals surface area contributed by atoms with Gasteiger partial charge in [-0.25, -0.2) is 4.79 Å². The molecule has 1 fully saturated rings. The molecule has 1 saturated heterocycles. The van der Waals surface area contributed by atoms with Crippen LogP contribution in [0, 0.1) is 0 Å². The van der Waals surface area contributed by atoms with Crippen LogP contribution in [-0.2, 0) is 7.05 Å². The van der Waals surface area contributed by atoms with Crippen LogP contribution in [-0.4, -0.2) is 39.4 Å². The quantitative estimate of drug-likeness (QED) is 0.926. The largest absolute Gasteiger partial charge is 0.495 e. The van der Waals surface area contributed by atoms with Crippen LogP contribution in [0.2, 0.25) is 0 Å². The van der Waals surface area contributed by atoms with E-state index >= 15 is 0 Å². The highest BCUT2D eigenvalue weighted by molar-refractivity contribution is 5.75. The fourth-order valence-electron chi connectivity index (χ4n) is 3.46. The molecule has 2 aromatic rings. The van der Waals surface area contributed by atoms with Gasteiger partial charge >= 0.3 is 6.03 Å². The van der Waals surface area contributed by atoms with E-state index in [4.69, 9.17) is 4.74 Å². The van der Waals surface area contributed by atoms with Gasteiger partial charge in [-0.05, 0) is 38.3 Å². The second kappa shape index (κ2) is 7.55. The summed E-state index contributed by atoms with van der Waals surface area (Å²) in [5.41, 5.74) is 1.99. The predicted molar refractivity (Wildman–Crippen MR) is 94.2 cm³/mol. The Hall–Kier alpha value is -2.57. The number of carbonyl (C=O) groups is 1. The van der Waals surface area contributed by atoms with Gasteiger partial charge in [0.25, 0.3) is 0 Å². The summed E-state index contributed by atoms with van der Waals surface area (Å²) in [5, 5.41) is 7.35. The van der Waals surface area contributed by atoms with E-state index in [0.717, 1.165) is 37.1 Å². The lowest BCUT2D eigenvalue weighted by Gasteiger charge is -2.36. The Morgan fingerprint density at radius 3 is 2.92 bits per heavy atom. The third-order valence-corrected chi connectivity index (χ3v) is 4.81. The highest BCUT2D eigenvalue weighted by Gasteiger charge is 2.30. The van der Waals surface area contributed by atoms with Crippen LogP contribution >= 0.6 is 0 Å². The van der Waals surface area contributed by atoms with Gasteiger partial charge in [0.1, 0.15) is 5.75 Å². The number of piperidine rings is 1. The first-order chi connectivity index (χ1) is 12.1. The van der Waals surface area contributed by atoms with Crippen LogP contribution in [0.4, 0.5) is 4.79 Å². The van der Waals surface area contributed by atoms with E-state index in [0.29, 0.717) is 5.75 Å². The molecule has 0 aromatic carbocycles. The molecule has 3 heterocycles. The first-order valence-electron chi connectivity index (χ1n) is 8.64. The number of urea groups is 1. The molecule has 0 bridgehead atoms. The molecule has 3 rings (SSSR count). The fraction of sp³-hybridized carbons (Fsp3) is 0.500. The van der Waals surface area contributed by atoms with Crippen molar-refractivity contribution >= 4 is 6.03 Å². The first-order valence-corrected chi connectivity index (χ1v) is 8.64. The maximum Gasteiger partial charge on any atom is 0.318 e. The number of aryl methyl sites for hydroxylation is 1. The Kier molecular flexibility index (Phi) is 5.21. The van der Waals surface area contributed by atoms with Crippen LogP contribution in [0.1, 0.15) is 49.5 Å². The SMILES string of the molecule is COc1cnccc1[C@H](C)NC(=O)N1CCCC[C@@H]1c1ccnn1C. The van der Waals surface area contributed by atoms with Crippen LogP contribution in [0.5, 0.6) is 5.75 Å². The molecule has 0 spiro atoms. The van der Waals surface area contributed by atoms with E-state index in [1.165, 1.54) is 0 Å². The zero-order valence-corrected chi connectivity index (χ0v) is 15.0. The minimum absolute atomic E-state index is 0.0581. The molecule has 1 aliphatic heterocycles. The van der Waals surface area contributed by atoms with Gasteiger partial charge in [-0.3, -0.25) is 9.67 Å². The summed E-state index contributed by atoms with van der Waals surface area (Å²) in [5.74, 6) is 0.678.